The predicted molar refractivity (Wildman–Crippen MR) is 78.8 cm³/mol. The summed E-state index contributed by atoms with van der Waals surface area (Å²) in [5.74, 6) is 0.265. The molecule has 1 amide bonds. The summed E-state index contributed by atoms with van der Waals surface area (Å²) >= 11 is 2.55. The molecule has 1 aromatic carbocycles. The average molecular weight is 293 g/mol. The van der Waals surface area contributed by atoms with Crippen LogP contribution in [-0.2, 0) is 4.79 Å². The highest BCUT2D eigenvalue weighted by atomic mass is 32.2. The molecule has 1 aliphatic heterocycles. The van der Waals surface area contributed by atoms with E-state index in [1.807, 2.05) is 18.2 Å². The number of aromatic nitrogens is 2. The van der Waals surface area contributed by atoms with Gasteiger partial charge in [-0.25, -0.2) is 0 Å². The van der Waals surface area contributed by atoms with Crippen LogP contribution in [0.25, 0.3) is 11.0 Å². The van der Waals surface area contributed by atoms with Gasteiger partial charge in [-0.3, -0.25) is 9.79 Å². The van der Waals surface area contributed by atoms with E-state index in [0.29, 0.717) is 11.4 Å². The Morgan fingerprint density at radius 2 is 2.42 bits per heavy atom. The quantitative estimate of drug-likeness (QED) is 0.892. The van der Waals surface area contributed by atoms with Crippen LogP contribution in [0.4, 0.5) is 5.69 Å². The minimum absolute atomic E-state index is 0.0677. The lowest BCUT2D eigenvalue weighted by Gasteiger charge is -2.05. The fraction of sp³-hybridized carbons (Fsp3) is 0.273. The second-order valence-electron chi connectivity index (χ2n) is 3.89. The Labute approximate surface area is 118 Å². The number of anilines is 1. The van der Waals surface area contributed by atoms with Gasteiger partial charge < -0.3 is 10.6 Å². The number of fused-ring (bicyclic) bond motifs is 1. The number of carbonyl (C=O) groups excluding carboxylic acids is 1. The van der Waals surface area contributed by atoms with Gasteiger partial charge in [-0.2, -0.15) is 8.75 Å². The molecule has 0 radical (unpaired) electrons. The van der Waals surface area contributed by atoms with Gasteiger partial charge in [0.25, 0.3) is 0 Å². The molecule has 19 heavy (non-hydrogen) atoms. The molecular weight excluding hydrogens is 282 g/mol. The number of rotatable bonds is 3. The van der Waals surface area contributed by atoms with Crippen LogP contribution in [-0.4, -0.2) is 38.7 Å². The Kier molecular flexibility index (Phi) is 3.60. The molecule has 0 atom stereocenters. The summed E-state index contributed by atoms with van der Waals surface area (Å²) in [6, 6.07) is 5.56. The van der Waals surface area contributed by atoms with Gasteiger partial charge in [0.2, 0.25) is 5.91 Å². The number of hydrogen-bond acceptors (Lipinski definition) is 7. The van der Waals surface area contributed by atoms with E-state index in [1.54, 1.807) is 0 Å². The largest absolute Gasteiger partial charge is 0.363 e. The predicted octanol–water partition coefficient (Wildman–Crippen LogP) is 1.32. The van der Waals surface area contributed by atoms with Gasteiger partial charge in [0.15, 0.2) is 5.17 Å². The summed E-state index contributed by atoms with van der Waals surface area (Å²) in [4.78, 5) is 16.1. The molecule has 8 heteroatoms. The van der Waals surface area contributed by atoms with Crippen molar-refractivity contribution in [1.29, 1.82) is 0 Å². The molecule has 0 spiro atoms. The number of amides is 1. The third-order valence-corrected chi connectivity index (χ3v) is 4.04. The maximum absolute atomic E-state index is 11.9. The van der Waals surface area contributed by atoms with E-state index >= 15 is 0 Å². The maximum atomic E-state index is 11.9. The zero-order chi connectivity index (χ0) is 13.1. The first-order valence-corrected chi connectivity index (χ1v) is 7.47. The van der Waals surface area contributed by atoms with Crippen LogP contribution in [0.2, 0.25) is 0 Å². The number of nitrogens with one attached hydrogen (secondary N) is 2. The van der Waals surface area contributed by atoms with Crippen molar-refractivity contribution in [3.8, 4) is 0 Å². The summed E-state index contributed by atoms with van der Waals surface area (Å²) in [7, 11) is 0. The van der Waals surface area contributed by atoms with Crippen LogP contribution in [0.1, 0.15) is 0 Å². The van der Waals surface area contributed by atoms with Crippen molar-refractivity contribution in [3.63, 3.8) is 0 Å². The Hall–Kier alpha value is -1.67. The van der Waals surface area contributed by atoms with Crippen LogP contribution in [0.15, 0.2) is 23.2 Å². The molecule has 1 aromatic heterocycles. The van der Waals surface area contributed by atoms with Crippen molar-refractivity contribution in [3.05, 3.63) is 18.2 Å². The average Bonchev–Trinajstić information content (AvgIpc) is 3.08. The van der Waals surface area contributed by atoms with Gasteiger partial charge in [0.05, 0.1) is 29.7 Å². The maximum Gasteiger partial charge on any atom is 0.234 e. The van der Waals surface area contributed by atoms with E-state index in [1.165, 1.54) is 11.8 Å². The highest BCUT2D eigenvalue weighted by Crippen LogP contribution is 2.21. The first-order valence-electron chi connectivity index (χ1n) is 5.75. The van der Waals surface area contributed by atoms with Crippen LogP contribution < -0.4 is 10.6 Å². The Morgan fingerprint density at radius 1 is 1.47 bits per heavy atom. The normalized spacial score (nSPS) is 14.2. The smallest absolute Gasteiger partial charge is 0.234 e. The molecule has 0 unspecified atom stereocenters. The molecular formula is C11H11N5OS2. The minimum Gasteiger partial charge on any atom is -0.363 e. The van der Waals surface area contributed by atoms with Gasteiger partial charge in [0, 0.05) is 6.54 Å². The first kappa shape index (κ1) is 12.4. The van der Waals surface area contributed by atoms with Gasteiger partial charge in [0.1, 0.15) is 11.0 Å². The molecule has 2 heterocycles. The number of carbonyl (C=O) groups is 1. The van der Waals surface area contributed by atoms with Crippen LogP contribution in [0, 0.1) is 0 Å². The summed E-state index contributed by atoms with van der Waals surface area (Å²) in [5.41, 5.74) is 2.25. The molecule has 3 rings (SSSR count). The molecule has 0 fully saturated rings. The standard InChI is InChI=1S/C11H11N5OS2/c17-9(6-18-11-12-4-5-13-11)14-7-2-1-3-8-10(7)16-19-15-8/h1-3H,4-6H2,(H,12,13)(H,14,17). The Balaban J connectivity index is 1.64. The summed E-state index contributed by atoms with van der Waals surface area (Å²) in [6.07, 6.45) is 0. The van der Waals surface area contributed by atoms with E-state index in [9.17, 15) is 4.79 Å². The lowest BCUT2D eigenvalue weighted by molar-refractivity contribution is -0.113. The summed E-state index contributed by atoms with van der Waals surface area (Å²) in [5, 5.41) is 6.81. The van der Waals surface area contributed by atoms with Crippen molar-refractivity contribution >= 4 is 51.3 Å². The van der Waals surface area contributed by atoms with Crippen LogP contribution in [0.5, 0.6) is 0 Å². The van der Waals surface area contributed by atoms with Crippen LogP contribution in [0.3, 0.4) is 0 Å². The minimum atomic E-state index is -0.0677. The van der Waals surface area contributed by atoms with Crippen molar-refractivity contribution in [2.24, 2.45) is 4.99 Å². The molecule has 0 saturated heterocycles. The Bertz CT molecular complexity index is 639. The van der Waals surface area contributed by atoms with E-state index < -0.39 is 0 Å². The number of aliphatic imine (C=N–C) groups is 1. The number of amidine groups is 1. The summed E-state index contributed by atoms with van der Waals surface area (Å²) < 4.78 is 8.32. The molecule has 0 saturated carbocycles. The summed E-state index contributed by atoms with van der Waals surface area (Å²) in [6.45, 7) is 1.64. The van der Waals surface area contributed by atoms with Crippen molar-refractivity contribution in [1.82, 2.24) is 14.1 Å². The highest BCUT2D eigenvalue weighted by molar-refractivity contribution is 8.14. The lowest BCUT2D eigenvalue weighted by atomic mass is 10.2. The zero-order valence-corrected chi connectivity index (χ0v) is 11.6. The molecule has 2 aromatic rings. The van der Waals surface area contributed by atoms with Crippen molar-refractivity contribution in [2.75, 3.05) is 24.2 Å². The van der Waals surface area contributed by atoms with Gasteiger partial charge in [-0.15, -0.1) is 0 Å². The van der Waals surface area contributed by atoms with Gasteiger partial charge in [-0.1, -0.05) is 17.8 Å². The molecule has 0 bridgehead atoms. The second kappa shape index (κ2) is 5.54. The molecule has 2 N–H and O–H groups in total. The highest BCUT2D eigenvalue weighted by Gasteiger charge is 2.11. The zero-order valence-electron chi connectivity index (χ0n) is 9.92. The monoisotopic (exact) mass is 293 g/mol. The molecule has 6 nitrogen and oxygen atoms in total. The van der Waals surface area contributed by atoms with E-state index in [-0.39, 0.29) is 5.91 Å². The lowest BCUT2D eigenvalue weighted by Crippen LogP contribution is -2.20. The third kappa shape index (κ3) is 2.85. The van der Waals surface area contributed by atoms with E-state index in [2.05, 4.69) is 24.4 Å². The van der Waals surface area contributed by atoms with E-state index in [0.717, 1.165) is 41.0 Å². The Morgan fingerprint density at radius 3 is 3.26 bits per heavy atom. The molecule has 98 valence electrons. The molecule has 0 aliphatic carbocycles. The van der Waals surface area contributed by atoms with Crippen LogP contribution >= 0.6 is 23.5 Å². The van der Waals surface area contributed by atoms with Gasteiger partial charge >= 0.3 is 0 Å². The number of hydrogen-bond donors (Lipinski definition) is 2. The number of thioether (sulfide) groups is 1. The number of nitrogens with zero attached hydrogens (tertiary/aromatic N) is 3. The van der Waals surface area contributed by atoms with E-state index in [4.69, 9.17) is 0 Å². The van der Waals surface area contributed by atoms with Crippen molar-refractivity contribution in [2.45, 2.75) is 0 Å². The fourth-order valence-corrected chi connectivity index (χ4v) is 2.98. The second-order valence-corrected chi connectivity index (χ2v) is 5.38. The first-order chi connectivity index (χ1) is 9.33. The molecule has 1 aliphatic rings. The topological polar surface area (TPSA) is 79.3 Å². The number of benzene rings is 1. The fourth-order valence-electron chi connectivity index (χ4n) is 1.70. The third-order valence-electron chi connectivity index (χ3n) is 2.54. The SMILES string of the molecule is O=C(CSC1=NCCN1)Nc1cccc2nsnc12. The van der Waals surface area contributed by atoms with Crippen molar-refractivity contribution < 1.29 is 4.79 Å². The van der Waals surface area contributed by atoms with Gasteiger partial charge in [-0.05, 0) is 12.1 Å².